The van der Waals surface area contributed by atoms with E-state index in [4.69, 9.17) is 16.7 Å². The van der Waals surface area contributed by atoms with Gasteiger partial charge in [0.25, 0.3) is 0 Å². The van der Waals surface area contributed by atoms with Gasteiger partial charge in [-0.25, -0.2) is 0 Å². The maximum atomic E-state index is 11.6. The van der Waals surface area contributed by atoms with E-state index < -0.39 is 5.97 Å². The topological polar surface area (TPSA) is 66.4 Å². The number of hydrogen-bond acceptors (Lipinski definition) is 2. The summed E-state index contributed by atoms with van der Waals surface area (Å²) < 4.78 is 0. The fourth-order valence-corrected chi connectivity index (χ4v) is 1.77. The lowest BCUT2D eigenvalue weighted by Crippen LogP contribution is -2.26. The lowest BCUT2D eigenvalue weighted by molar-refractivity contribution is -0.137. The molecule has 1 atom stereocenters. The largest absolute Gasteiger partial charge is 0.481 e. The van der Waals surface area contributed by atoms with E-state index in [2.05, 4.69) is 5.32 Å². The van der Waals surface area contributed by atoms with Gasteiger partial charge in [-0.3, -0.25) is 9.59 Å². The van der Waals surface area contributed by atoms with Gasteiger partial charge in [-0.15, -0.1) is 0 Å². The van der Waals surface area contributed by atoms with Crippen molar-refractivity contribution in [2.75, 3.05) is 0 Å². The number of nitrogens with one attached hydrogen (secondary N) is 1. The Kier molecular flexibility index (Phi) is 5.65. The van der Waals surface area contributed by atoms with Gasteiger partial charge in [-0.05, 0) is 31.0 Å². The van der Waals surface area contributed by atoms with Crippen LogP contribution in [0.15, 0.2) is 24.3 Å². The van der Waals surface area contributed by atoms with Gasteiger partial charge in [0.05, 0.1) is 6.04 Å². The lowest BCUT2D eigenvalue weighted by Gasteiger charge is -2.14. The van der Waals surface area contributed by atoms with Crippen LogP contribution in [-0.2, 0) is 9.59 Å². The summed E-state index contributed by atoms with van der Waals surface area (Å²) in [5.41, 5.74) is 0.925. The molecule has 1 amide bonds. The molecule has 0 spiro atoms. The van der Waals surface area contributed by atoms with Gasteiger partial charge >= 0.3 is 5.97 Å². The fraction of sp³-hybridized carbons (Fsp3) is 0.385. The fourth-order valence-electron chi connectivity index (χ4n) is 1.57. The smallest absolute Gasteiger partial charge is 0.303 e. The molecule has 1 rings (SSSR count). The predicted molar refractivity (Wildman–Crippen MR) is 69.5 cm³/mol. The average molecular weight is 270 g/mol. The number of benzene rings is 1. The van der Waals surface area contributed by atoms with Crippen molar-refractivity contribution in [3.8, 4) is 0 Å². The van der Waals surface area contributed by atoms with E-state index in [0.717, 1.165) is 5.56 Å². The van der Waals surface area contributed by atoms with E-state index in [9.17, 15) is 9.59 Å². The van der Waals surface area contributed by atoms with Crippen LogP contribution in [0.1, 0.15) is 37.8 Å². The quantitative estimate of drug-likeness (QED) is 0.834. The summed E-state index contributed by atoms with van der Waals surface area (Å²) in [7, 11) is 0. The summed E-state index contributed by atoms with van der Waals surface area (Å²) in [6, 6.07) is 7.13. The van der Waals surface area contributed by atoms with Crippen LogP contribution in [0.25, 0.3) is 0 Å². The molecule has 0 heterocycles. The van der Waals surface area contributed by atoms with Gasteiger partial charge in [0.15, 0.2) is 0 Å². The third kappa shape index (κ3) is 5.19. The molecule has 0 aromatic heterocycles. The maximum Gasteiger partial charge on any atom is 0.303 e. The van der Waals surface area contributed by atoms with Crippen molar-refractivity contribution in [1.82, 2.24) is 5.32 Å². The summed E-state index contributed by atoms with van der Waals surface area (Å²) in [6.07, 6.45) is 0.583. The Labute approximate surface area is 111 Å². The molecule has 0 fully saturated rings. The Hall–Kier alpha value is -1.55. The van der Waals surface area contributed by atoms with Gasteiger partial charge in [-0.2, -0.15) is 0 Å². The highest BCUT2D eigenvalue weighted by Crippen LogP contribution is 2.17. The Morgan fingerprint density at radius 2 is 2.11 bits per heavy atom. The molecular weight excluding hydrogens is 254 g/mol. The Morgan fingerprint density at radius 3 is 2.72 bits per heavy atom. The van der Waals surface area contributed by atoms with Crippen molar-refractivity contribution in [3.05, 3.63) is 34.9 Å². The number of carboxylic acid groups (broad SMARTS) is 1. The van der Waals surface area contributed by atoms with Crippen LogP contribution in [0.5, 0.6) is 0 Å². The molecule has 0 aliphatic rings. The molecule has 0 radical (unpaired) electrons. The molecule has 5 heteroatoms. The summed E-state index contributed by atoms with van der Waals surface area (Å²) in [5, 5.41) is 11.9. The highest BCUT2D eigenvalue weighted by atomic mass is 35.5. The van der Waals surface area contributed by atoms with E-state index >= 15 is 0 Å². The summed E-state index contributed by atoms with van der Waals surface area (Å²) in [4.78, 5) is 21.9. The molecule has 18 heavy (non-hydrogen) atoms. The summed E-state index contributed by atoms with van der Waals surface area (Å²) in [6.45, 7) is 1.86. The highest BCUT2D eigenvalue weighted by Gasteiger charge is 2.10. The monoisotopic (exact) mass is 269 g/mol. The Bertz CT molecular complexity index is 434. The van der Waals surface area contributed by atoms with Crippen LogP contribution in [0.2, 0.25) is 5.02 Å². The second kappa shape index (κ2) is 7.01. The lowest BCUT2D eigenvalue weighted by atomic mass is 10.1. The highest BCUT2D eigenvalue weighted by molar-refractivity contribution is 6.30. The second-order valence-corrected chi connectivity index (χ2v) is 4.53. The van der Waals surface area contributed by atoms with Crippen LogP contribution < -0.4 is 5.32 Å². The number of halogens is 1. The maximum absolute atomic E-state index is 11.6. The van der Waals surface area contributed by atoms with Gasteiger partial charge < -0.3 is 10.4 Å². The van der Waals surface area contributed by atoms with Crippen molar-refractivity contribution in [2.45, 2.75) is 32.2 Å². The number of carbonyl (C=O) groups excluding carboxylic acids is 1. The molecule has 98 valence electrons. The predicted octanol–water partition coefficient (Wildman–Crippen LogP) is 2.77. The number of amides is 1. The van der Waals surface area contributed by atoms with Crippen molar-refractivity contribution in [2.24, 2.45) is 0 Å². The molecule has 1 aromatic carbocycles. The SMILES string of the molecule is C[C@H](NC(=O)CCCC(=O)O)c1cccc(Cl)c1. The molecule has 0 saturated heterocycles. The second-order valence-electron chi connectivity index (χ2n) is 4.09. The zero-order valence-corrected chi connectivity index (χ0v) is 10.9. The Morgan fingerprint density at radius 1 is 1.39 bits per heavy atom. The van der Waals surface area contributed by atoms with Crippen molar-refractivity contribution >= 4 is 23.5 Å². The third-order valence-electron chi connectivity index (χ3n) is 2.52. The van der Waals surface area contributed by atoms with Crippen LogP contribution >= 0.6 is 11.6 Å². The van der Waals surface area contributed by atoms with Crippen molar-refractivity contribution in [1.29, 1.82) is 0 Å². The minimum absolute atomic E-state index is 0.0129. The van der Waals surface area contributed by atoms with E-state index in [-0.39, 0.29) is 24.8 Å². The number of rotatable bonds is 6. The molecular formula is C13H16ClNO3. The zero-order chi connectivity index (χ0) is 13.5. The molecule has 1 aromatic rings. The van der Waals surface area contributed by atoms with Crippen molar-refractivity contribution < 1.29 is 14.7 Å². The number of carbonyl (C=O) groups is 2. The summed E-state index contributed by atoms with van der Waals surface area (Å²) >= 11 is 5.87. The minimum Gasteiger partial charge on any atom is -0.481 e. The van der Waals surface area contributed by atoms with E-state index in [1.165, 1.54) is 0 Å². The number of carboxylic acids is 1. The van der Waals surface area contributed by atoms with Gasteiger partial charge in [0.2, 0.25) is 5.91 Å². The van der Waals surface area contributed by atoms with E-state index in [1.807, 2.05) is 19.1 Å². The molecule has 0 saturated carbocycles. The standard InChI is InChI=1S/C13H16ClNO3/c1-9(10-4-2-5-11(14)8-10)15-12(16)6-3-7-13(17)18/h2,4-5,8-9H,3,6-7H2,1H3,(H,15,16)(H,17,18)/t9-/m0/s1. The number of hydrogen-bond donors (Lipinski definition) is 2. The minimum atomic E-state index is -0.884. The van der Waals surface area contributed by atoms with Gasteiger partial charge in [0.1, 0.15) is 0 Å². The average Bonchev–Trinajstić information content (AvgIpc) is 2.28. The van der Waals surface area contributed by atoms with Crippen LogP contribution in [0, 0.1) is 0 Å². The third-order valence-corrected chi connectivity index (χ3v) is 2.76. The molecule has 0 unspecified atom stereocenters. The number of aliphatic carboxylic acids is 1. The molecule has 0 aliphatic heterocycles. The summed E-state index contributed by atoms with van der Waals surface area (Å²) in [5.74, 6) is -1.03. The first-order chi connectivity index (χ1) is 8.49. The normalized spacial score (nSPS) is 11.9. The first-order valence-corrected chi connectivity index (χ1v) is 6.13. The first-order valence-electron chi connectivity index (χ1n) is 5.75. The van der Waals surface area contributed by atoms with E-state index in [0.29, 0.717) is 11.4 Å². The van der Waals surface area contributed by atoms with Crippen LogP contribution in [-0.4, -0.2) is 17.0 Å². The molecule has 2 N–H and O–H groups in total. The Balaban J connectivity index is 2.42. The molecule has 0 bridgehead atoms. The van der Waals surface area contributed by atoms with Crippen LogP contribution in [0.4, 0.5) is 0 Å². The van der Waals surface area contributed by atoms with Gasteiger partial charge in [0, 0.05) is 17.9 Å². The molecule has 0 aliphatic carbocycles. The van der Waals surface area contributed by atoms with Gasteiger partial charge in [-0.1, -0.05) is 23.7 Å². The molecule has 4 nitrogen and oxygen atoms in total. The first kappa shape index (κ1) is 14.5. The van der Waals surface area contributed by atoms with Crippen LogP contribution in [0.3, 0.4) is 0 Å². The van der Waals surface area contributed by atoms with E-state index in [1.54, 1.807) is 12.1 Å². The van der Waals surface area contributed by atoms with Crippen molar-refractivity contribution in [3.63, 3.8) is 0 Å². The zero-order valence-electron chi connectivity index (χ0n) is 10.1.